The smallest absolute Gasteiger partial charge is 0.0640 e. The van der Waals surface area contributed by atoms with Gasteiger partial charge in [0.15, 0.2) is 0 Å². The number of thiophene rings is 1. The molecule has 0 spiro atoms. The van der Waals surface area contributed by atoms with Crippen molar-refractivity contribution in [3.05, 3.63) is 200 Å². The van der Waals surface area contributed by atoms with E-state index < -0.39 is 0 Å². The summed E-state index contributed by atoms with van der Waals surface area (Å²) >= 11 is 1.87. The first-order chi connectivity index (χ1) is 25.8. The standard InChI is InChI=1S/C50H33NS/c1-3-16-34(17-4-1)39-22-11-13-27-46(39)51(47-28-15-26-44-43-25-12-14-29-49(43)52-50(44)47)48-33-37(30-31-40(48)35-18-5-2-6-19-35)45-32-36-20-7-8-21-38(36)41-23-9-10-24-42(41)45/h1-33H. The molecule has 0 saturated carbocycles. The Labute approximate surface area is 307 Å². The second kappa shape index (κ2) is 12.7. The predicted octanol–water partition coefficient (Wildman–Crippen LogP) is 14.8. The largest absolute Gasteiger partial charge is 0.308 e. The van der Waals surface area contributed by atoms with E-state index in [0.29, 0.717) is 0 Å². The van der Waals surface area contributed by atoms with Gasteiger partial charge in [0.05, 0.1) is 21.8 Å². The topological polar surface area (TPSA) is 3.24 Å². The van der Waals surface area contributed by atoms with Gasteiger partial charge in [-0.15, -0.1) is 11.3 Å². The van der Waals surface area contributed by atoms with E-state index in [1.165, 1.54) is 80.8 Å². The normalized spacial score (nSPS) is 11.5. The van der Waals surface area contributed by atoms with Gasteiger partial charge in [-0.25, -0.2) is 0 Å². The molecule has 2 heteroatoms. The lowest BCUT2D eigenvalue weighted by atomic mass is 9.91. The van der Waals surface area contributed by atoms with Crippen LogP contribution in [0.5, 0.6) is 0 Å². The number of hydrogen-bond acceptors (Lipinski definition) is 2. The van der Waals surface area contributed by atoms with Crippen LogP contribution in [0.3, 0.4) is 0 Å². The van der Waals surface area contributed by atoms with E-state index in [0.717, 1.165) is 11.4 Å². The zero-order valence-corrected chi connectivity index (χ0v) is 29.2. The van der Waals surface area contributed by atoms with E-state index in [2.05, 4.69) is 205 Å². The molecule has 0 saturated heterocycles. The Morgan fingerprint density at radius 3 is 1.67 bits per heavy atom. The molecule has 244 valence electrons. The van der Waals surface area contributed by atoms with Crippen LogP contribution in [0.4, 0.5) is 17.1 Å². The lowest BCUT2D eigenvalue weighted by Gasteiger charge is -2.31. The zero-order valence-electron chi connectivity index (χ0n) is 28.4. The summed E-state index contributed by atoms with van der Waals surface area (Å²) in [5.74, 6) is 0. The van der Waals surface area contributed by atoms with Crippen LogP contribution in [0.2, 0.25) is 0 Å². The van der Waals surface area contributed by atoms with Crippen LogP contribution in [0, 0.1) is 0 Å². The minimum atomic E-state index is 1.13. The van der Waals surface area contributed by atoms with E-state index in [4.69, 9.17) is 0 Å². The Morgan fingerprint density at radius 1 is 0.308 bits per heavy atom. The number of nitrogens with zero attached hydrogens (tertiary/aromatic N) is 1. The van der Waals surface area contributed by atoms with E-state index in [-0.39, 0.29) is 0 Å². The van der Waals surface area contributed by atoms with Crippen molar-refractivity contribution in [2.75, 3.05) is 4.90 Å². The average Bonchev–Trinajstić information content (AvgIpc) is 3.61. The minimum Gasteiger partial charge on any atom is -0.308 e. The molecule has 9 aromatic carbocycles. The van der Waals surface area contributed by atoms with Gasteiger partial charge in [0, 0.05) is 26.6 Å². The second-order valence-electron chi connectivity index (χ2n) is 13.3. The van der Waals surface area contributed by atoms with Gasteiger partial charge in [-0.05, 0) is 74.1 Å². The van der Waals surface area contributed by atoms with Gasteiger partial charge in [-0.2, -0.15) is 0 Å². The number of rotatable bonds is 6. The lowest BCUT2D eigenvalue weighted by molar-refractivity contribution is 1.30. The summed E-state index contributed by atoms with van der Waals surface area (Å²) in [5, 5.41) is 7.61. The summed E-state index contributed by atoms with van der Waals surface area (Å²) in [6.07, 6.45) is 0. The predicted molar refractivity (Wildman–Crippen MR) is 225 cm³/mol. The van der Waals surface area contributed by atoms with E-state index >= 15 is 0 Å². The number of fused-ring (bicyclic) bond motifs is 6. The first-order valence-electron chi connectivity index (χ1n) is 17.8. The molecule has 0 atom stereocenters. The lowest BCUT2D eigenvalue weighted by Crippen LogP contribution is -2.13. The molecular formula is C50H33NS. The Morgan fingerprint density at radius 2 is 0.885 bits per heavy atom. The number of hydrogen-bond donors (Lipinski definition) is 0. The molecule has 0 aliphatic carbocycles. The summed E-state index contributed by atoms with van der Waals surface area (Å²) in [6, 6.07) is 73.0. The van der Waals surface area contributed by atoms with Crippen LogP contribution >= 0.6 is 11.3 Å². The molecule has 0 aliphatic rings. The number of benzene rings is 9. The van der Waals surface area contributed by atoms with Gasteiger partial charge < -0.3 is 4.90 Å². The Hall–Kier alpha value is -6.48. The third-order valence-electron chi connectivity index (χ3n) is 10.3. The van der Waals surface area contributed by atoms with Crippen molar-refractivity contribution >= 4 is 70.1 Å². The summed E-state index contributed by atoms with van der Waals surface area (Å²) < 4.78 is 2.56. The molecule has 0 radical (unpaired) electrons. The number of anilines is 3. The molecule has 1 aromatic heterocycles. The van der Waals surface area contributed by atoms with Crippen molar-refractivity contribution in [2.45, 2.75) is 0 Å². The fourth-order valence-electron chi connectivity index (χ4n) is 7.87. The molecule has 52 heavy (non-hydrogen) atoms. The van der Waals surface area contributed by atoms with Crippen LogP contribution < -0.4 is 4.90 Å². The van der Waals surface area contributed by atoms with Crippen molar-refractivity contribution < 1.29 is 0 Å². The maximum atomic E-state index is 2.52. The second-order valence-corrected chi connectivity index (χ2v) is 14.3. The molecule has 0 bridgehead atoms. The van der Waals surface area contributed by atoms with E-state index in [1.807, 2.05) is 11.3 Å². The molecule has 0 fully saturated rings. The van der Waals surface area contributed by atoms with Gasteiger partial charge in [0.25, 0.3) is 0 Å². The van der Waals surface area contributed by atoms with Gasteiger partial charge in [0.1, 0.15) is 0 Å². The summed E-state index contributed by atoms with van der Waals surface area (Å²) in [4.78, 5) is 2.52. The Kier molecular flexibility index (Phi) is 7.41. The van der Waals surface area contributed by atoms with E-state index in [9.17, 15) is 0 Å². The molecule has 10 aromatic rings. The van der Waals surface area contributed by atoms with Crippen LogP contribution in [-0.4, -0.2) is 0 Å². The fourth-order valence-corrected chi connectivity index (χ4v) is 9.07. The molecule has 0 N–H and O–H groups in total. The highest BCUT2D eigenvalue weighted by Gasteiger charge is 2.24. The first kappa shape index (κ1) is 30.4. The van der Waals surface area contributed by atoms with Crippen LogP contribution in [0.15, 0.2) is 200 Å². The maximum absolute atomic E-state index is 2.52. The summed E-state index contributed by atoms with van der Waals surface area (Å²) in [5.41, 5.74) is 10.6. The summed E-state index contributed by atoms with van der Waals surface area (Å²) in [7, 11) is 0. The van der Waals surface area contributed by atoms with Crippen molar-refractivity contribution in [1.29, 1.82) is 0 Å². The first-order valence-corrected chi connectivity index (χ1v) is 18.6. The third kappa shape index (κ3) is 5.07. The molecule has 0 amide bonds. The number of para-hydroxylation sites is 1. The highest BCUT2D eigenvalue weighted by Crippen LogP contribution is 2.50. The maximum Gasteiger partial charge on any atom is 0.0640 e. The van der Waals surface area contributed by atoms with Gasteiger partial charge >= 0.3 is 0 Å². The zero-order chi connectivity index (χ0) is 34.4. The summed E-state index contributed by atoms with van der Waals surface area (Å²) in [6.45, 7) is 0. The van der Waals surface area contributed by atoms with Crippen LogP contribution in [-0.2, 0) is 0 Å². The Balaban J connectivity index is 1.32. The third-order valence-corrected chi connectivity index (χ3v) is 11.5. The molecular weight excluding hydrogens is 647 g/mol. The van der Waals surface area contributed by atoms with Gasteiger partial charge in [-0.1, -0.05) is 170 Å². The van der Waals surface area contributed by atoms with Gasteiger partial charge in [-0.3, -0.25) is 0 Å². The highest BCUT2D eigenvalue weighted by atomic mass is 32.1. The van der Waals surface area contributed by atoms with Crippen molar-refractivity contribution in [1.82, 2.24) is 0 Å². The highest BCUT2D eigenvalue weighted by molar-refractivity contribution is 7.26. The van der Waals surface area contributed by atoms with Crippen LogP contribution in [0.1, 0.15) is 0 Å². The van der Waals surface area contributed by atoms with E-state index in [1.54, 1.807) is 0 Å². The van der Waals surface area contributed by atoms with Crippen molar-refractivity contribution in [2.24, 2.45) is 0 Å². The molecule has 10 rings (SSSR count). The Bertz CT molecular complexity index is 2910. The SMILES string of the molecule is c1ccc(-c2ccccc2N(c2cc(-c3cc4ccccc4c4ccccc34)ccc2-c2ccccc2)c2cccc3c2sc2ccccc23)cc1. The fraction of sp³-hybridized carbons (Fsp3) is 0. The van der Waals surface area contributed by atoms with Gasteiger partial charge in [0.2, 0.25) is 0 Å². The molecule has 1 heterocycles. The molecule has 1 nitrogen and oxygen atoms in total. The van der Waals surface area contributed by atoms with Crippen molar-refractivity contribution in [3.8, 4) is 33.4 Å². The molecule has 0 unspecified atom stereocenters. The molecule has 0 aliphatic heterocycles. The van der Waals surface area contributed by atoms with Crippen molar-refractivity contribution in [3.63, 3.8) is 0 Å². The van der Waals surface area contributed by atoms with Crippen LogP contribution in [0.25, 0.3) is 75.1 Å². The monoisotopic (exact) mass is 679 g/mol. The average molecular weight is 680 g/mol. The minimum absolute atomic E-state index is 1.13. The quantitative estimate of drug-likeness (QED) is 0.158.